The molecule has 0 aliphatic rings. The average molecular weight is 404 g/mol. The van der Waals surface area contributed by atoms with Crippen molar-refractivity contribution in [2.75, 3.05) is 6.61 Å². The highest BCUT2D eigenvalue weighted by molar-refractivity contribution is 5.90. The Hall–Kier alpha value is -3.67. The summed E-state index contributed by atoms with van der Waals surface area (Å²) in [4.78, 5) is 23.8. The summed E-state index contributed by atoms with van der Waals surface area (Å²) in [6.07, 6.45) is 1.72. The van der Waals surface area contributed by atoms with E-state index in [1.54, 1.807) is 43.3 Å². The lowest BCUT2D eigenvalue weighted by molar-refractivity contribution is -0.120. The summed E-state index contributed by atoms with van der Waals surface area (Å²) >= 11 is 0. The molecule has 0 atom stereocenters. The summed E-state index contributed by atoms with van der Waals surface area (Å²) in [5.41, 5.74) is 7.05. The zero-order chi connectivity index (χ0) is 21.5. The van der Waals surface area contributed by atoms with Gasteiger partial charge >= 0.3 is 5.97 Å². The Balaban J connectivity index is 1.57. The molecule has 0 radical (unpaired) electrons. The molecule has 3 aromatic rings. The van der Waals surface area contributed by atoms with Crippen LogP contribution in [0.5, 0.6) is 0 Å². The number of nitrogens with zero attached hydrogens (tertiary/aromatic N) is 1. The molecule has 30 heavy (non-hydrogen) atoms. The van der Waals surface area contributed by atoms with Crippen LogP contribution >= 0.6 is 0 Å². The van der Waals surface area contributed by atoms with Crippen LogP contribution < -0.4 is 5.43 Å². The number of furan rings is 1. The number of nitrogens with one attached hydrogen (secondary N) is 1. The van der Waals surface area contributed by atoms with E-state index in [9.17, 15) is 9.59 Å². The van der Waals surface area contributed by atoms with Crippen molar-refractivity contribution in [2.45, 2.75) is 27.2 Å². The fourth-order valence-electron chi connectivity index (χ4n) is 2.99. The predicted molar refractivity (Wildman–Crippen MR) is 115 cm³/mol. The number of rotatable bonds is 7. The van der Waals surface area contributed by atoms with Crippen molar-refractivity contribution < 1.29 is 18.7 Å². The Morgan fingerprint density at radius 2 is 1.83 bits per heavy atom. The maximum Gasteiger partial charge on any atom is 0.338 e. The van der Waals surface area contributed by atoms with Crippen LogP contribution in [0.25, 0.3) is 11.3 Å². The first kappa shape index (κ1) is 21.0. The summed E-state index contributed by atoms with van der Waals surface area (Å²) in [5, 5.41) is 3.97. The Morgan fingerprint density at radius 1 is 1.07 bits per heavy atom. The molecule has 2 aromatic carbocycles. The van der Waals surface area contributed by atoms with Gasteiger partial charge in [0.05, 0.1) is 24.8 Å². The first-order valence-electron chi connectivity index (χ1n) is 9.71. The van der Waals surface area contributed by atoms with Crippen molar-refractivity contribution in [3.63, 3.8) is 0 Å². The van der Waals surface area contributed by atoms with Gasteiger partial charge in [-0.05, 0) is 56.2 Å². The number of hydrazone groups is 1. The summed E-state index contributed by atoms with van der Waals surface area (Å²) in [5.74, 6) is 0.590. The normalized spacial score (nSPS) is 10.9. The molecule has 1 N–H and O–H groups in total. The topological polar surface area (TPSA) is 80.9 Å². The highest BCUT2D eigenvalue weighted by Crippen LogP contribution is 2.22. The van der Waals surface area contributed by atoms with Crippen molar-refractivity contribution in [1.82, 2.24) is 5.43 Å². The molecule has 6 nitrogen and oxygen atoms in total. The molecule has 0 fully saturated rings. The molecule has 1 heterocycles. The van der Waals surface area contributed by atoms with Gasteiger partial charge in [0.15, 0.2) is 0 Å². The van der Waals surface area contributed by atoms with Crippen LogP contribution in [0, 0.1) is 13.8 Å². The van der Waals surface area contributed by atoms with Crippen LogP contribution in [-0.4, -0.2) is 24.7 Å². The lowest BCUT2D eigenvalue weighted by Gasteiger charge is -2.05. The Bertz CT molecular complexity index is 1070. The first-order valence-corrected chi connectivity index (χ1v) is 9.71. The standard InChI is InChI=1S/C24H24N2O4/c1-4-29-24(28)19-9-7-18(8-10-19)22-12-11-21(30-22)15-25-26-23(27)14-20-6-5-16(2)13-17(20)3/h5-13,15H,4,14H2,1-3H3,(H,26,27)/b25-15-. The number of esters is 1. The molecular weight excluding hydrogens is 380 g/mol. The molecule has 3 rings (SSSR count). The minimum atomic E-state index is -0.354. The van der Waals surface area contributed by atoms with Crippen LogP contribution in [0.4, 0.5) is 0 Å². The maximum atomic E-state index is 12.1. The summed E-state index contributed by atoms with van der Waals surface area (Å²) < 4.78 is 10.7. The highest BCUT2D eigenvalue weighted by atomic mass is 16.5. The van der Waals surface area contributed by atoms with Crippen LogP contribution in [0.1, 0.15) is 39.7 Å². The van der Waals surface area contributed by atoms with E-state index in [4.69, 9.17) is 9.15 Å². The van der Waals surface area contributed by atoms with Gasteiger partial charge in [-0.3, -0.25) is 4.79 Å². The fraction of sp³-hybridized carbons (Fsp3) is 0.208. The number of hydrogen-bond donors (Lipinski definition) is 1. The molecule has 0 aliphatic carbocycles. The summed E-state index contributed by atoms with van der Waals surface area (Å²) in [6, 6.07) is 16.5. The van der Waals surface area contributed by atoms with Crippen molar-refractivity contribution in [2.24, 2.45) is 5.10 Å². The third-order valence-electron chi connectivity index (χ3n) is 4.54. The quantitative estimate of drug-likeness (QED) is 0.359. The molecule has 0 bridgehead atoms. The zero-order valence-electron chi connectivity index (χ0n) is 17.3. The lowest BCUT2D eigenvalue weighted by Crippen LogP contribution is -2.20. The molecule has 0 unspecified atom stereocenters. The van der Waals surface area contributed by atoms with Crippen molar-refractivity contribution in [1.29, 1.82) is 0 Å². The van der Waals surface area contributed by atoms with Crippen LogP contribution in [0.15, 0.2) is 64.1 Å². The molecule has 0 saturated heterocycles. The molecule has 1 amide bonds. The third kappa shape index (κ3) is 5.44. The SMILES string of the molecule is CCOC(=O)c1ccc(-c2ccc(/C=N\NC(=O)Cc3ccc(C)cc3C)o2)cc1. The molecule has 0 aliphatic heterocycles. The average Bonchev–Trinajstić information content (AvgIpc) is 3.19. The molecule has 0 spiro atoms. The maximum absolute atomic E-state index is 12.1. The van der Waals surface area contributed by atoms with Crippen LogP contribution in [0.3, 0.4) is 0 Å². The van der Waals surface area contributed by atoms with E-state index in [0.717, 1.165) is 16.7 Å². The smallest absolute Gasteiger partial charge is 0.338 e. The second-order valence-electron chi connectivity index (χ2n) is 6.90. The van der Waals surface area contributed by atoms with Gasteiger partial charge in [-0.2, -0.15) is 5.10 Å². The molecule has 6 heteroatoms. The van der Waals surface area contributed by atoms with E-state index in [1.807, 2.05) is 26.0 Å². The highest BCUT2D eigenvalue weighted by Gasteiger charge is 2.09. The molecular formula is C24H24N2O4. The van der Waals surface area contributed by atoms with Gasteiger partial charge in [-0.25, -0.2) is 10.2 Å². The Labute approximate surface area is 175 Å². The minimum Gasteiger partial charge on any atom is -0.462 e. The number of ether oxygens (including phenoxy) is 1. The number of benzene rings is 2. The van der Waals surface area contributed by atoms with Crippen LogP contribution in [-0.2, 0) is 16.0 Å². The zero-order valence-corrected chi connectivity index (χ0v) is 17.3. The predicted octanol–water partition coefficient (Wildman–Crippen LogP) is 4.43. The van der Waals surface area contributed by atoms with E-state index < -0.39 is 0 Å². The van der Waals surface area contributed by atoms with Crippen molar-refractivity contribution in [3.05, 3.63) is 82.6 Å². The van der Waals surface area contributed by atoms with Gasteiger partial charge in [0, 0.05) is 5.56 Å². The monoisotopic (exact) mass is 404 g/mol. The van der Waals surface area contributed by atoms with Gasteiger partial charge in [0.1, 0.15) is 11.5 Å². The van der Waals surface area contributed by atoms with Crippen LogP contribution in [0.2, 0.25) is 0 Å². The van der Waals surface area contributed by atoms with Crippen molar-refractivity contribution in [3.8, 4) is 11.3 Å². The van der Waals surface area contributed by atoms with Gasteiger partial charge in [0.2, 0.25) is 5.91 Å². The number of carbonyl (C=O) groups excluding carboxylic acids is 2. The van der Waals surface area contributed by atoms with E-state index in [2.05, 4.69) is 16.6 Å². The first-order chi connectivity index (χ1) is 14.5. The second-order valence-corrected chi connectivity index (χ2v) is 6.90. The number of amides is 1. The largest absolute Gasteiger partial charge is 0.462 e. The Morgan fingerprint density at radius 3 is 2.53 bits per heavy atom. The van der Waals surface area contributed by atoms with E-state index in [-0.39, 0.29) is 18.3 Å². The lowest BCUT2D eigenvalue weighted by atomic mass is 10.0. The summed E-state index contributed by atoms with van der Waals surface area (Å²) in [6.45, 7) is 6.11. The van der Waals surface area contributed by atoms with Crippen molar-refractivity contribution >= 4 is 18.1 Å². The van der Waals surface area contributed by atoms with Gasteiger partial charge < -0.3 is 9.15 Å². The fourth-order valence-corrected chi connectivity index (χ4v) is 2.99. The van der Waals surface area contributed by atoms with Gasteiger partial charge in [-0.15, -0.1) is 0 Å². The van der Waals surface area contributed by atoms with Gasteiger partial charge in [0.25, 0.3) is 0 Å². The van der Waals surface area contributed by atoms with E-state index >= 15 is 0 Å². The molecule has 154 valence electrons. The van der Waals surface area contributed by atoms with E-state index in [1.165, 1.54) is 11.8 Å². The summed E-state index contributed by atoms with van der Waals surface area (Å²) in [7, 11) is 0. The second kappa shape index (κ2) is 9.69. The molecule has 0 saturated carbocycles. The number of carbonyl (C=O) groups is 2. The van der Waals surface area contributed by atoms with Gasteiger partial charge in [-0.1, -0.05) is 35.9 Å². The number of aryl methyl sites for hydroxylation is 2. The van der Waals surface area contributed by atoms with E-state index in [0.29, 0.717) is 23.7 Å². The third-order valence-corrected chi connectivity index (χ3v) is 4.54. The Kier molecular flexibility index (Phi) is 6.80. The minimum absolute atomic E-state index is 0.195. The molecule has 1 aromatic heterocycles. The number of hydrogen-bond acceptors (Lipinski definition) is 5.